The molecule has 5 nitrogen and oxygen atoms in total. The van der Waals surface area contributed by atoms with E-state index in [2.05, 4.69) is 22.3 Å². The van der Waals surface area contributed by atoms with Crippen LogP contribution in [0.15, 0.2) is 24.7 Å². The van der Waals surface area contributed by atoms with Gasteiger partial charge in [-0.1, -0.05) is 13.8 Å². The van der Waals surface area contributed by atoms with Crippen LogP contribution < -0.4 is 10.1 Å². The van der Waals surface area contributed by atoms with Gasteiger partial charge in [-0.15, -0.1) is 0 Å². The maximum atomic E-state index is 14.2. The second-order valence-corrected chi connectivity index (χ2v) is 4.41. The molecule has 108 valence electrons. The van der Waals surface area contributed by atoms with Crippen molar-refractivity contribution < 1.29 is 9.13 Å². The fourth-order valence-corrected chi connectivity index (χ4v) is 1.79. The van der Waals surface area contributed by atoms with Gasteiger partial charge < -0.3 is 10.1 Å². The summed E-state index contributed by atoms with van der Waals surface area (Å²) in [5.74, 6) is 0.0404. The van der Waals surface area contributed by atoms with Crippen molar-refractivity contribution in [2.45, 2.75) is 33.4 Å². The zero-order valence-electron chi connectivity index (χ0n) is 11.8. The summed E-state index contributed by atoms with van der Waals surface area (Å²) in [5, 5.41) is 7.21. The van der Waals surface area contributed by atoms with Gasteiger partial charge in [-0.2, -0.15) is 5.10 Å². The minimum Gasteiger partial charge on any atom is -0.433 e. The fourth-order valence-electron chi connectivity index (χ4n) is 1.79. The number of nitrogens with zero attached hydrogens (tertiary/aromatic N) is 3. The lowest BCUT2D eigenvalue weighted by atomic mass is 10.2. The van der Waals surface area contributed by atoms with Crippen LogP contribution in [0.3, 0.4) is 0 Å². The van der Waals surface area contributed by atoms with E-state index in [1.807, 2.05) is 6.92 Å². The molecule has 2 aromatic rings. The molecule has 2 heterocycles. The number of nitrogens with one attached hydrogen (secondary N) is 1. The minimum atomic E-state index is -0.434. The predicted molar refractivity (Wildman–Crippen MR) is 74.2 cm³/mol. The molecule has 0 saturated carbocycles. The topological polar surface area (TPSA) is 52.0 Å². The molecule has 0 aliphatic heterocycles. The summed E-state index contributed by atoms with van der Waals surface area (Å²) < 4.78 is 21.4. The van der Waals surface area contributed by atoms with Crippen molar-refractivity contribution in [2.24, 2.45) is 0 Å². The van der Waals surface area contributed by atoms with E-state index in [1.165, 1.54) is 0 Å². The first-order valence-corrected chi connectivity index (χ1v) is 6.79. The van der Waals surface area contributed by atoms with E-state index >= 15 is 0 Å². The second kappa shape index (κ2) is 7.00. The minimum absolute atomic E-state index is 0.0172. The molecule has 20 heavy (non-hydrogen) atoms. The molecule has 0 atom stereocenters. The number of hydrogen-bond donors (Lipinski definition) is 1. The van der Waals surface area contributed by atoms with Crippen LogP contribution in [0.4, 0.5) is 4.39 Å². The van der Waals surface area contributed by atoms with Gasteiger partial charge in [0.1, 0.15) is 0 Å². The SMILES string of the molecule is CCCn1cc(Oc2nccc(CNCC)c2F)cn1. The molecule has 0 amide bonds. The number of aromatic nitrogens is 3. The molecule has 0 radical (unpaired) electrons. The highest BCUT2D eigenvalue weighted by Gasteiger charge is 2.12. The Morgan fingerprint density at radius 2 is 2.25 bits per heavy atom. The monoisotopic (exact) mass is 278 g/mol. The molecule has 2 rings (SSSR count). The largest absolute Gasteiger partial charge is 0.433 e. The molecule has 0 bridgehead atoms. The standard InChI is InChI=1S/C14H19FN4O/c1-3-7-19-10-12(9-18-19)20-14-13(15)11(5-6-17-14)8-16-4-2/h5-6,9-10,16H,3-4,7-8H2,1-2H3. The molecule has 1 N–H and O–H groups in total. The van der Waals surface area contributed by atoms with Crippen LogP contribution in [0.1, 0.15) is 25.8 Å². The first-order valence-electron chi connectivity index (χ1n) is 6.79. The zero-order chi connectivity index (χ0) is 14.4. The Bertz CT molecular complexity index is 556. The van der Waals surface area contributed by atoms with Gasteiger partial charge >= 0.3 is 0 Å². The Labute approximate surface area is 117 Å². The molecule has 0 unspecified atom stereocenters. The van der Waals surface area contributed by atoms with Crippen LogP contribution in [0, 0.1) is 5.82 Å². The summed E-state index contributed by atoms with van der Waals surface area (Å²) in [7, 11) is 0. The van der Waals surface area contributed by atoms with Gasteiger partial charge in [0.15, 0.2) is 11.6 Å². The van der Waals surface area contributed by atoms with E-state index in [1.54, 1.807) is 29.3 Å². The quantitative estimate of drug-likeness (QED) is 0.846. The van der Waals surface area contributed by atoms with Crippen molar-refractivity contribution in [3.8, 4) is 11.6 Å². The van der Waals surface area contributed by atoms with Crippen LogP contribution in [0.2, 0.25) is 0 Å². The first-order chi connectivity index (χ1) is 9.74. The molecular formula is C14H19FN4O. The first kappa shape index (κ1) is 14.5. The Kier molecular flexibility index (Phi) is 5.06. The van der Waals surface area contributed by atoms with Gasteiger partial charge in [-0.25, -0.2) is 9.37 Å². The Morgan fingerprint density at radius 3 is 3.00 bits per heavy atom. The lowest BCUT2D eigenvalue weighted by molar-refractivity contribution is 0.416. The number of ether oxygens (including phenoxy) is 1. The summed E-state index contributed by atoms with van der Waals surface area (Å²) in [5.41, 5.74) is 0.540. The molecule has 6 heteroatoms. The number of rotatable bonds is 7. The van der Waals surface area contributed by atoms with Crippen LogP contribution >= 0.6 is 0 Å². The molecule has 2 aromatic heterocycles. The van der Waals surface area contributed by atoms with Crippen molar-refractivity contribution in [2.75, 3.05) is 6.54 Å². The third-order valence-electron chi connectivity index (χ3n) is 2.78. The Balaban J connectivity index is 2.11. The molecule has 0 aromatic carbocycles. The van der Waals surface area contributed by atoms with Crippen molar-refractivity contribution in [1.29, 1.82) is 0 Å². The number of hydrogen-bond acceptors (Lipinski definition) is 4. The van der Waals surface area contributed by atoms with Gasteiger partial charge in [0.05, 0.1) is 12.4 Å². The van der Waals surface area contributed by atoms with E-state index in [0.717, 1.165) is 19.5 Å². The van der Waals surface area contributed by atoms with Crippen molar-refractivity contribution >= 4 is 0 Å². The van der Waals surface area contributed by atoms with Crippen molar-refractivity contribution in [1.82, 2.24) is 20.1 Å². The lowest BCUT2D eigenvalue weighted by Crippen LogP contribution is -2.13. The normalized spacial score (nSPS) is 10.8. The molecule has 0 fully saturated rings. The summed E-state index contributed by atoms with van der Waals surface area (Å²) in [4.78, 5) is 3.94. The average molecular weight is 278 g/mol. The van der Waals surface area contributed by atoms with Gasteiger partial charge in [-0.3, -0.25) is 4.68 Å². The van der Waals surface area contributed by atoms with Gasteiger partial charge in [0.2, 0.25) is 0 Å². The molecule has 0 aliphatic rings. The second-order valence-electron chi connectivity index (χ2n) is 4.41. The highest BCUT2D eigenvalue weighted by molar-refractivity contribution is 5.28. The summed E-state index contributed by atoms with van der Waals surface area (Å²) in [6.07, 6.45) is 5.82. The smallest absolute Gasteiger partial charge is 0.256 e. The highest BCUT2D eigenvalue weighted by Crippen LogP contribution is 2.23. The fraction of sp³-hybridized carbons (Fsp3) is 0.429. The van der Waals surface area contributed by atoms with Gasteiger partial charge in [0, 0.05) is 24.8 Å². The van der Waals surface area contributed by atoms with Crippen LogP contribution in [0.5, 0.6) is 11.6 Å². The van der Waals surface area contributed by atoms with Crippen molar-refractivity contribution in [3.05, 3.63) is 36.0 Å². The van der Waals surface area contributed by atoms with E-state index in [9.17, 15) is 4.39 Å². The Morgan fingerprint density at radius 1 is 1.40 bits per heavy atom. The molecular weight excluding hydrogens is 259 g/mol. The summed E-state index contributed by atoms with van der Waals surface area (Å²) in [6.45, 7) is 6.07. The van der Waals surface area contributed by atoms with E-state index < -0.39 is 5.82 Å². The van der Waals surface area contributed by atoms with E-state index in [-0.39, 0.29) is 5.88 Å². The lowest BCUT2D eigenvalue weighted by Gasteiger charge is -2.07. The third-order valence-corrected chi connectivity index (χ3v) is 2.78. The molecule has 0 saturated heterocycles. The predicted octanol–water partition coefficient (Wildman–Crippen LogP) is 2.73. The van der Waals surface area contributed by atoms with Crippen LogP contribution in [-0.4, -0.2) is 21.3 Å². The number of pyridine rings is 1. The number of aryl methyl sites for hydroxylation is 1. The van der Waals surface area contributed by atoms with E-state index in [4.69, 9.17) is 4.74 Å². The molecule has 0 spiro atoms. The maximum Gasteiger partial charge on any atom is 0.256 e. The maximum absolute atomic E-state index is 14.2. The van der Waals surface area contributed by atoms with Crippen molar-refractivity contribution in [3.63, 3.8) is 0 Å². The van der Waals surface area contributed by atoms with Crippen LogP contribution in [0.25, 0.3) is 0 Å². The zero-order valence-corrected chi connectivity index (χ0v) is 11.8. The summed E-state index contributed by atoms with van der Waals surface area (Å²) in [6, 6.07) is 1.64. The molecule has 0 aliphatic carbocycles. The average Bonchev–Trinajstić information content (AvgIpc) is 2.88. The van der Waals surface area contributed by atoms with E-state index in [0.29, 0.717) is 17.9 Å². The highest BCUT2D eigenvalue weighted by atomic mass is 19.1. The summed E-state index contributed by atoms with van der Waals surface area (Å²) >= 11 is 0. The van der Waals surface area contributed by atoms with Gasteiger partial charge in [-0.05, 0) is 19.0 Å². The Hall–Kier alpha value is -1.95. The van der Waals surface area contributed by atoms with Crippen LogP contribution in [-0.2, 0) is 13.1 Å². The third kappa shape index (κ3) is 3.54. The van der Waals surface area contributed by atoms with Gasteiger partial charge in [0.25, 0.3) is 5.88 Å². The number of halogens is 1.